The third-order valence-corrected chi connectivity index (χ3v) is 4.89. The first kappa shape index (κ1) is 19.4. The number of rotatable bonds is 6. The van der Waals surface area contributed by atoms with Crippen molar-refractivity contribution in [3.63, 3.8) is 0 Å². The van der Waals surface area contributed by atoms with Crippen LogP contribution >= 0.6 is 0 Å². The van der Waals surface area contributed by atoms with E-state index >= 15 is 0 Å². The largest absolute Gasteiger partial charge is 0.457 e. The Bertz CT molecular complexity index is 1110. The maximum atomic E-state index is 12.4. The van der Waals surface area contributed by atoms with E-state index in [4.69, 9.17) is 9.47 Å². The lowest BCUT2D eigenvalue weighted by molar-refractivity contribution is -0.116. The van der Waals surface area contributed by atoms with Crippen LogP contribution in [0.25, 0.3) is 0 Å². The van der Waals surface area contributed by atoms with Crippen molar-refractivity contribution < 1.29 is 23.9 Å². The maximum Gasteiger partial charge on any atom is 0.338 e. The van der Waals surface area contributed by atoms with Crippen LogP contribution in [-0.4, -0.2) is 24.3 Å². The molecule has 1 amide bonds. The van der Waals surface area contributed by atoms with Crippen molar-refractivity contribution in [1.29, 1.82) is 0 Å². The molecule has 0 radical (unpaired) electrons. The number of ketones is 1. The number of fused-ring (bicyclic) bond motifs is 1. The SMILES string of the molecule is C[C@@H]1C(=O)Nc2ccc(C(=O)COC(=O)c3ccc(Oc4ccccc4)cc3)cc21. The van der Waals surface area contributed by atoms with Crippen LogP contribution in [0.3, 0.4) is 0 Å². The Morgan fingerprint density at radius 3 is 2.30 bits per heavy atom. The first-order valence-corrected chi connectivity index (χ1v) is 9.49. The zero-order chi connectivity index (χ0) is 21.1. The number of carbonyl (C=O) groups excluding carboxylic acids is 3. The van der Waals surface area contributed by atoms with Crippen LogP contribution in [0.5, 0.6) is 11.5 Å². The summed E-state index contributed by atoms with van der Waals surface area (Å²) >= 11 is 0. The third kappa shape index (κ3) is 4.07. The smallest absolute Gasteiger partial charge is 0.338 e. The van der Waals surface area contributed by atoms with Gasteiger partial charge < -0.3 is 14.8 Å². The molecule has 6 heteroatoms. The molecular weight excluding hydrogens is 382 g/mol. The van der Waals surface area contributed by atoms with Gasteiger partial charge in [0.15, 0.2) is 12.4 Å². The summed E-state index contributed by atoms with van der Waals surface area (Å²) in [6.45, 7) is 1.40. The molecule has 1 heterocycles. The summed E-state index contributed by atoms with van der Waals surface area (Å²) in [7, 11) is 0. The van der Waals surface area contributed by atoms with Crippen molar-refractivity contribution in [2.75, 3.05) is 11.9 Å². The lowest BCUT2D eigenvalue weighted by Gasteiger charge is -2.08. The predicted molar refractivity (Wildman–Crippen MR) is 111 cm³/mol. The number of ether oxygens (including phenoxy) is 2. The number of carbonyl (C=O) groups is 3. The molecule has 3 aromatic carbocycles. The van der Waals surface area contributed by atoms with E-state index < -0.39 is 5.97 Å². The summed E-state index contributed by atoms with van der Waals surface area (Å²) < 4.78 is 10.8. The summed E-state index contributed by atoms with van der Waals surface area (Å²) in [5.74, 6) is -0.0569. The Morgan fingerprint density at radius 1 is 0.900 bits per heavy atom. The fourth-order valence-electron chi connectivity index (χ4n) is 3.17. The fourth-order valence-corrected chi connectivity index (χ4v) is 3.17. The molecule has 4 rings (SSSR count). The summed E-state index contributed by atoms with van der Waals surface area (Å²) in [5, 5.41) is 2.76. The lowest BCUT2D eigenvalue weighted by Crippen LogP contribution is -2.14. The van der Waals surface area contributed by atoms with Gasteiger partial charge in [-0.05, 0) is 67.1 Å². The Balaban J connectivity index is 1.35. The second-order valence-electron chi connectivity index (χ2n) is 6.95. The monoisotopic (exact) mass is 401 g/mol. The number of anilines is 1. The molecule has 0 unspecified atom stereocenters. The molecule has 0 spiro atoms. The number of benzene rings is 3. The molecule has 0 aromatic heterocycles. The van der Waals surface area contributed by atoms with E-state index in [0.29, 0.717) is 28.3 Å². The summed E-state index contributed by atoms with van der Waals surface area (Å²) in [6, 6.07) is 20.8. The normalized spacial score (nSPS) is 14.6. The number of hydrogen-bond donors (Lipinski definition) is 1. The Hall–Kier alpha value is -3.93. The molecule has 0 bridgehead atoms. The van der Waals surface area contributed by atoms with Crippen molar-refractivity contribution >= 4 is 23.3 Å². The van der Waals surface area contributed by atoms with Crippen LogP contribution in [0, 0.1) is 0 Å². The van der Waals surface area contributed by atoms with Crippen LogP contribution in [0.2, 0.25) is 0 Å². The van der Waals surface area contributed by atoms with Crippen molar-refractivity contribution in [3.8, 4) is 11.5 Å². The fraction of sp³-hybridized carbons (Fsp3) is 0.125. The molecule has 1 aliphatic heterocycles. The number of nitrogens with one attached hydrogen (secondary N) is 1. The molecule has 1 N–H and O–H groups in total. The lowest BCUT2D eigenvalue weighted by atomic mass is 9.99. The van der Waals surface area contributed by atoms with Gasteiger partial charge in [-0.1, -0.05) is 18.2 Å². The van der Waals surface area contributed by atoms with E-state index in [1.54, 1.807) is 49.4 Å². The summed E-state index contributed by atoms with van der Waals surface area (Å²) in [5.41, 5.74) is 2.20. The van der Waals surface area contributed by atoms with Gasteiger partial charge >= 0.3 is 5.97 Å². The maximum absolute atomic E-state index is 12.4. The van der Waals surface area contributed by atoms with Gasteiger partial charge in [-0.25, -0.2) is 4.79 Å². The molecule has 1 aliphatic rings. The number of amides is 1. The molecule has 0 saturated carbocycles. The van der Waals surface area contributed by atoms with E-state index in [1.807, 2.05) is 30.3 Å². The average molecular weight is 401 g/mol. The molecule has 0 saturated heterocycles. The van der Waals surface area contributed by atoms with Crippen molar-refractivity contribution in [1.82, 2.24) is 0 Å². The van der Waals surface area contributed by atoms with Crippen molar-refractivity contribution in [2.24, 2.45) is 0 Å². The average Bonchev–Trinajstić information content (AvgIpc) is 3.06. The summed E-state index contributed by atoms with van der Waals surface area (Å²) in [6.07, 6.45) is 0. The number of hydrogen-bond acceptors (Lipinski definition) is 5. The topological polar surface area (TPSA) is 81.7 Å². The summed E-state index contributed by atoms with van der Waals surface area (Å²) in [4.78, 5) is 36.4. The zero-order valence-electron chi connectivity index (χ0n) is 16.3. The molecule has 3 aromatic rings. The highest BCUT2D eigenvalue weighted by Gasteiger charge is 2.27. The van der Waals surface area contributed by atoms with Gasteiger partial charge in [-0.15, -0.1) is 0 Å². The third-order valence-electron chi connectivity index (χ3n) is 4.89. The number of esters is 1. The molecule has 6 nitrogen and oxygen atoms in total. The minimum absolute atomic E-state index is 0.0966. The van der Waals surface area contributed by atoms with Gasteiger partial charge in [0, 0.05) is 11.3 Å². The number of Topliss-reactive ketones (excluding diaryl/α,β-unsaturated/α-hetero) is 1. The van der Waals surface area contributed by atoms with Crippen LogP contribution in [0.4, 0.5) is 5.69 Å². The molecule has 1 atom stereocenters. The highest BCUT2D eigenvalue weighted by atomic mass is 16.5. The second-order valence-corrected chi connectivity index (χ2v) is 6.95. The first-order valence-electron chi connectivity index (χ1n) is 9.49. The molecular formula is C24H19NO5. The van der Waals surface area contributed by atoms with E-state index in [-0.39, 0.29) is 24.2 Å². The Kier molecular flexibility index (Phi) is 5.30. The van der Waals surface area contributed by atoms with Gasteiger partial charge in [0.1, 0.15) is 11.5 Å². The van der Waals surface area contributed by atoms with Crippen molar-refractivity contribution in [2.45, 2.75) is 12.8 Å². The van der Waals surface area contributed by atoms with E-state index in [9.17, 15) is 14.4 Å². The zero-order valence-corrected chi connectivity index (χ0v) is 16.3. The van der Waals surface area contributed by atoms with E-state index in [1.165, 1.54) is 0 Å². The standard InChI is InChI=1S/C24H19NO5/c1-15-20-13-17(9-12-21(20)25-23(15)27)22(26)14-29-24(28)16-7-10-19(11-8-16)30-18-5-3-2-4-6-18/h2-13,15H,14H2,1H3,(H,25,27)/t15-/m0/s1. The van der Waals surface area contributed by atoms with Gasteiger partial charge in [0.05, 0.1) is 11.5 Å². The van der Waals surface area contributed by atoms with Crippen LogP contribution < -0.4 is 10.1 Å². The van der Waals surface area contributed by atoms with Crippen LogP contribution in [0.1, 0.15) is 39.1 Å². The van der Waals surface area contributed by atoms with Gasteiger partial charge in [-0.2, -0.15) is 0 Å². The van der Waals surface area contributed by atoms with Gasteiger partial charge in [0.25, 0.3) is 0 Å². The first-order chi connectivity index (χ1) is 14.5. The Morgan fingerprint density at radius 2 is 1.57 bits per heavy atom. The van der Waals surface area contributed by atoms with Gasteiger partial charge in [0.2, 0.25) is 5.91 Å². The predicted octanol–water partition coefficient (Wildman–Crippen LogP) is 4.57. The Labute approximate surface area is 173 Å². The minimum atomic E-state index is -0.596. The molecule has 0 fully saturated rings. The van der Waals surface area contributed by atoms with E-state index in [2.05, 4.69) is 5.32 Å². The van der Waals surface area contributed by atoms with E-state index in [0.717, 1.165) is 5.56 Å². The molecule has 0 aliphatic carbocycles. The minimum Gasteiger partial charge on any atom is -0.457 e. The van der Waals surface area contributed by atoms with Gasteiger partial charge in [-0.3, -0.25) is 9.59 Å². The quantitative estimate of drug-likeness (QED) is 0.483. The highest BCUT2D eigenvalue weighted by molar-refractivity contribution is 6.05. The van der Waals surface area contributed by atoms with Crippen LogP contribution in [0.15, 0.2) is 72.8 Å². The highest BCUT2D eigenvalue weighted by Crippen LogP contribution is 2.32. The van der Waals surface area contributed by atoms with Crippen LogP contribution in [-0.2, 0) is 9.53 Å². The molecule has 150 valence electrons. The second kappa shape index (κ2) is 8.21. The number of para-hydroxylation sites is 1. The molecule has 30 heavy (non-hydrogen) atoms. The van der Waals surface area contributed by atoms with Crippen molar-refractivity contribution in [3.05, 3.63) is 89.5 Å².